The summed E-state index contributed by atoms with van der Waals surface area (Å²) in [6.07, 6.45) is 0. The van der Waals surface area contributed by atoms with E-state index in [9.17, 15) is 9.59 Å². The van der Waals surface area contributed by atoms with Crippen LogP contribution in [0, 0.1) is 0 Å². The van der Waals surface area contributed by atoms with Crippen LogP contribution < -0.4 is 10.9 Å². The van der Waals surface area contributed by atoms with Gasteiger partial charge in [-0.25, -0.2) is 4.68 Å². The summed E-state index contributed by atoms with van der Waals surface area (Å²) in [4.78, 5) is 23.8. The molecule has 0 atom stereocenters. The van der Waals surface area contributed by atoms with E-state index in [1.54, 1.807) is 6.07 Å². The van der Waals surface area contributed by atoms with E-state index < -0.39 is 5.91 Å². The largest absolute Gasteiger partial charge is 0.319 e. The highest BCUT2D eigenvalue weighted by molar-refractivity contribution is 6.34. The molecule has 3 aromatic rings. The second-order valence-electron chi connectivity index (χ2n) is 7.66. The van der Waals surface area contributed by atoms with Crippen molar-refractivity contribution in [2.45, 2.75) is 26.2 Å². The Morgan fingerprint density at radius 1 is 1.00 bits per heavy atom. The maximum Gasteiger partial charge on any atom is 0.276 e. The van der Waals surface area contributed by atoms with Crippen LogP contribution >= 0.6 is 11.6 Å². The van der Waals surface area contributed by atoms with Crippen molar-refractivity contribution in [2.75, 3.05) is 5.32 Å². The summed E-state index contributed by atoms with van der Waals surface area (Å²) in [7, 11) is 1.49. The average molecular weight is 396 g/mol. The normalized spacial score (nSPS) is 11.3. The summed E-state index contributed by atoms with van der Waals surface area (Å²) in [5.74, 6) is -0.431. The third-order valence-electron chi connectivity index (χ3n) is 4.49. The molecule has 1 aromatic heterocycles. The molecule has 0 fully saturated rings. The molecule has 0 spiro atoms. The molecule has 0 saturated heterocycles. The van der Waals surface area contributed by atoms with Crippen molar-refractivity contribution in [3.63, 3.8) is 0 Å². The van der Waals surface area contributed by atoms with Gasteiger partial charge in [0.1, 0.15) is 5.69 Å². The number of nitrogens with one attached hydrogen (secondary N) is 1. The zero-order valence-corrected chi connectivity index (χ0v) is 17.0. The molecule has 1 N–H and O–H groups in total. The van der Waals surface area contributed by atoms with Crippen molar-refractivity contribution in [3.05, 3.63) is 81.2 Å². The predicted octanol–water partition coefficient (Wildman–Crippen LogP) is 4.65. The summed E-state index contributed by atoms with van der Waals surface area (Å²) in [5.41, 5.74) is 3.71. The van der Waals surface area contributed by atoms with Crippen LogP contribution in [0.2, 0.25) is 5.02 Å². The zero-order valence-electron chi connectivity index (χ0n) is 16.3. The quantitative estimate of drug-likeness (QED) is 0.702. The van der Waals surface area contributed by atoms with Crippen LogP contribution in [-0.4, -0.2) is 15.7 Å². The molecule has 6 heteroatoms. The fraction of sp³-hybridized carbons (Fsp3) is 0.227. The monoisotopic (exact) mass is 395 g/mol. The lowest BCUT2D eigenvalue weighted by atomic mass is 9.86. The van der Waals surface area contributed by atoms with E-state index in [0.29, 0.717) is 10.7 Å². The Morgan fingerprint density at radius 2 is 1.64 bits per heavy atom. The number of hydrogen-bond donors (Lipinski definition) is 1. The molecule has 0 aliphatic rings. The molecule has 0 saturated carbocycles. The van der Waals surface area contributed by atoms with E-state index in [1.807, 2.05) is 12.1 Å². The Labute approximate surface area is 169 Å². The number of benzene rings is 2. The first-order chi connectivity index (χ1) is 13.1. The lowest BCUT2D eigenvalue weighted by molar-refractivity contribution is 0.102. The topological polar surface area (TPSA) is 64.0 Å². The number of halogens is 1. The van der Waals surface area contributed by atoms with Crippen LogP contribution in [0.1, 0.15) is 36.8 Å². The van der Waals surface area contributed by atoms with Crippen molar-refractivity contribution >= 4 is 23.2 Å². The van der Waals surface area contributed by atoms with Crippen molar-refractivity contribution < 1.29 is 4.79 Å². The fourth-order valence-electron chi connectivity index (χ4n) is 2.77. The number of amides is 1. The second kappa shape index (κ2) is 7.60. The first-order valence-corrected chi connectivity index (χ1v) is 9.29. The van der Waals surface area contributed by atoms with E-state index in [-0.39, 0.29) is 16.7 Å². The predicted molar refractivity (Wildman–Crippen MR) is 113 cm³/mol. The number of nitrogens with zero attached hydrogens (tertiary/aromatic N) is 2. The molecule has 2 aromatic carbocycles. The van der Waals surface area contributed by atoms with Gasteiger partial charge in [-0.15, -0.1) is 0 Å². The van der Waals surface area contributed by atoms with Crippen LogP contribution in [0.15, 0.2) is 59.4 Å². The summed E-state index contributed by atoms with van der Waals surface area (Å²) in [5, 5.41) is 7.10. The number of hydrogen-bond acceptors (Lipinski definition) is 3. The molecule has 5 nitrogen and oxygen atoms in total. The van der Waals surface area contributed by atoms with E-state index in [2.05, 4.69) is 55.5 Å². The summed E-state index contributed by atoms with van der Waals surface area (Å²) < 4.78 is 1.11. The van der Waals surface area contributed by atoms with Crippen LogP contribution in [0.3, 0.4) is 0 Å². The van der Waals surface area contributed by atoms with Gasteiger partial charge >= 0.3 is 0 Å². The maximum absolute atomic E-state index is 12.4. The molecule has 3 rings (SSSR count). The highest BCUT2D eigenvalue weighted by Gasteiger charge is 2.14. The number of carbonyl (C=O) groups is 1. The van der Waals surface area contributed by atoms with Gasteiger partial charge in [0.05, 0.1) is 10.7 Å². The van der Waals surface area contributed by atoms with Crippen molar-refractivity contribution in [1.29, 1.82) is 0 Å². The molecule has 0 radical (unpaired) electrons. The lowest BCUT2D eigenvalue weighted by Gasteiger charge is -2.19. The van der Waals surface area contributed by atoms with E-state index in [1.165, 1.54) is 24.7 Å². The number of aryl methyl sites for hydroxylation is 1. The van der Waals surface area contributed by atoms with Crippen LogP contribution in [-0.2, 0) is 12.5 Å². The zero-order chi connectivity index (χ0) is 20.5. The standard InChI is InChI=1S/C22H22ClN3O2/c1-22(2,3)16-8-5-14(6-9-16)15-7-10-18(17(23)13-15)24-21(28)19-11-12-20(27)26(4)25-19/h5-13H,1-4H3,(H,24,28). The molecule has 1 heterocycles. The fourth-order valence-corrected chi connectivity index (χ4v) is 3.00. The minimum atomic E-state index is -0.431. The lowest BCUT2D eigenvalue weighted by Crippen LogP contribution is -2.23. The highest BCUT2D eigenvalue weighted by atomic mass is 35.5. The number of anilines is 1. The first-order valence-electron chi connectivity index (χ1n) is 8.91. The van der Waals surface area contributed by atoms with Gasteiger partial charge in [0, 0.05) is 13.1 Å². The summed E-state index contributed by atoms with van der Waals surface area (Å²) in [6.45, 7) is 6.53. The third kappa shape index (κ3) is 4.31. The van der Waals surface area contributed by atoms with E-state index in [4.69, 9.17) is 11.6 Å². The number of rotatable bonds is 3. The SMILES string of the molecule is Cn1nc(C(=O)Nc2ccc(-c3ccc(C(C)(C)C)cc3)cc2Cl)ccc1=O. The molecule has 0 aliphatic heterocycles. The van der Waals surface area contributed by atoms with Gasteiger partial charge < -0.3 is 5.32 Å². The van der Waals surface area contributed by atoms with Crippen LogP contribution in [0.25, 0.3) is 11.1 Å². The Bertz CT molecular complexity index is 1080. The molecule has 144 valence electrons. The minimum Gasteiger partial charge on any atom is -0.319 e. The summed E-state index contributed by atoms with van der Waals surface area (Å²) in [6, 6.07) is 16.5. The number of aromatic nitrogens is 2. The molecular weight excluding hydrogens is 374 g/mol. The molecule has 28 heavy (non-hydrogen) atoms. The molecule has 0 bridgehead atoms. The first kappa shape index (κ1) is 19.8. The number of carbonyl (C=O) groups excluding carboxylic acids is 1. The summed E-state index contributed by atoms with van der Waals surface area (Å²) >= 11 is 6.38. The Hall–Kier alpha value is -2.92. The van der Waals surface area contributed by atoms with Gasteiger partial charge in [0.25, 0.3) is 11.5 Å². The van der Waals surface area contributed by atoms with Crippen molar-refractivity contribution in [3.8, 4) is 11.1 Å². The van der Waals surface area contributed by atoms with Gasteiger partial charge in [-0.05, 0) is 40.3 Å². The third-order valence-corrected chi connectivity index (χ3v) is 4.81. The van der Waals surface area contributed by atoms with Gasteiger partial charge in [-0.2, -0.15) is 5.10 Å². The van der Waals surface area contributed by atoms with Gasteiger partial charge in [0.15, 0.2) is 0 Å². The van der Waals surface area contributed by atoms with E-state index >= 15 is 0 Å². The molecule has 0 unspecified atom stereocenters. The Morgan fingerprint density at radius 3 is 2.21 bits per heavy atom. The highest BCUT2D eigenvalue weighted by Crippen LogP contribution is 2.31. The Balaban J connectivity index is 1.81. The molecule has 0 aliphatic carbocycles. The average Bonchev–Trinajstić information content (AvgIpc) is 2.65. The maximum atomic E-state index is 12.4. The van der Waals surface area contributed by atoms with Crippen molar-refractivity contribution in [1.82, 2.24) is 9.78 Å². The van der Waals surface area contributed by atoms with Gasteiger partial charge in [-0.1, -0.05) is 62.7 Å². The Kier molecular flexibility index (Phi) is 5.38. The van der Waals surface area contributed by atoms with E-state index in [0.717, 1.165) is 15.8 Å². The molecular formula is C22H22ClN3O2. The van der Waals surface area contributed by atoms with Crippen LogP contribution in [0.4, 0.5) is 5.69 Å². The minimum absolute atomic E-state index is 0.0965. The van der Waals surface area contributed by atoms with Crippen molar-refractivity contribution in [2.24, 2.45) is 7.05 Å². The van der Waals surface area contributed by atoms with Gasteiger partial charge in [-0.3, -0.25) is 9.59 Å². The smallest absolute Gasteiger partial charge is 0.276 e. The second-order valence-corrected chi connectivity index (χ2v) is 8.06. The van der Waals surface area contributed by atoms with Gasteiger partial charge in [0.2, 0.25) is 0 Å². The molecule has 1 amide bonds. The van der Waals surface area contributed by atoms with Crippen LogP contribution in [0.5, 0.6) is 0 Å².